The first-order chi connectivity index (χ1) is 22.0. The third kappa shape index (κ3) is 4.51. The van der Waals surface area contributed by atoms with Gasteiger partial charge in [0.2, 0.25) is 5.95 Å². The predicted octanol–water partition coefficient (Wildman–Crippen LogP) is 3.11. The molecule has 3 aromatic heterocycles. The minimum atomic E-state index is -0.611. The van der Waals surface area contributed by atoms with Crippen LogP contribution in [0.4, 0.5) is 25.5 Å². The molecule has 0 saturated carbocycles. The summed E-state index contributed by atoms with van der Waals surface area (Å²) in [4.78, 5) is 21.3. The fourth-order valence-electron chi connectivity index (χ4n) is 7.55. The predicted molar refractivity (Wildman–Crippen MR) is 168 cm³/mol. The maximum absolute atomic E-state index is 17.3. The molecule has 0 aliphatic carbocycles. The van der Waals surface area contributed by atoms with Crippen LogP contribution < -0.4 is 20.9 Å². The van der Waals surface area contributed by atoms with Gasteiger partial charge in [0.05, 0.1) is 40.8 Å². The van der Waals surface area contributed by atoms with Crippen LogP contribution in [0.2, 0.25) is 0 Å². The first kappa shape index (κ1) is 28.7. The van der Waals surface area contributed by atoms with Gasteiger partial charge in [-0.25, -0.2) is 13.8 Å². The van der Waals surface area contributed by atoms with E-state index in [-0.39, 0.29) is 69.3 Å². The molecule has 4 aliphatic rings. The summed E-state index contributed by atoms with van der Waals surface area (Å²) in [5, 5.41) is 23.8. The fourth-order valence-corrected chi connectivity index (χ4v) is 8.47. The van der Waals surface area contributed by atoms with E-state index in [4.69, 9.17) is 20.4 Å². The third-order valence-corrected chi connectivity index (χ3v) is 10.8. The molecule has 0 radical (unpaired) electrons. The lowest BCUT2D eigenvalue weighted by atomic mass is 9.93. The van der Waals surface area contributed by atoms with Gasteiger partial charge in [-0.2, -0.15) is 10.2 Å². The van der Waals surface area contributed by atoms with Crippen LogP contribution in [0, 0.1) is 23.0 Å². The van der Waals surface area contributed by atoms with Gasteiger partial charge in [0.1, 0.15) is 22.4 Å². The standard InChI is InChI=1S/C31H33F2N9O2S/c32-21-13-37-26(23-18(10-34)29(35)45-28(21)23)22-19-14-44-15-20(19)24-27(25(22)33)38-31(41-7-5-40(6-8-41)4-1-9-43)39-30(24)42-16-2-3-17(42)12-36-11-16/h13,16-17,36,43H,1-9,11-12,14-15,35H2. The molecule has 4 aliphatic heterocycles. The molecule has 11 nitrogen and oxygen atoms in total. The Morgan fingerprint density at radius 2 is 1.84 bits per heavy atom. The zero-order chi connectivity index (χ0) is 30.8. The molecule has 234 valence electrons. The SMILES string of the molecule is N#Cc1c(N)sc2c(F)cnc(-c3c4c(c5c(N6C7CCC6CNC7)nc(N6CCN(CCCO)CC6)nc5c3F)COC4)c12. The molecule has 14 heteroatoms. The second-order valence-electron chi connectivity index (χ2n) is 12.2. The van der Waals surface area contributed by atoms with Crippen LogP contribution in [0.25, 0.3) is 32.2 Å². The molecule has 3 fully saturated rings. The monoisotopic (exact) mass is 633 g/mol. The molecule has 8 rings (SSSR count). The van der Waals surface area contributed by atoms with Gasteiger partial charge >= 0.3 is 0 Å². The van der Waals surface area contributed by atoms with Crippen molar-refractivity contribution in [3.8, 4) is 17.3 Å². The number of fused-ring (bicyclic) bond motifs is 6. The van der Waals surface area contributed by atoms with Crippen LogP contribution in [0.15, 0.2) is 6.20 Å². The Morgan fingerprint density at radius 3 is 2.58 bits per heavy atom. The van der Waals surface area contributed by atoms with Crippen molar-refractivity contribution in [3.63, 3.8) is 0 Å². The van der Waals surface area contributed by atoms with E-state index in [1.165, 1.54) is 0 Å². The van der Waals surface area contributed by atoms with E-state index in [2.05, 4.69) is 31.1 Å². The van der Waals surface area contributed by atoms with E-state index in [9.17, 15) is 14.8 Å². The molecule has 4 aromatic rings. The van der Waals surface area contributed by atoms with Gasteiger partial charge in [-0.1, -0.05) is 0 Å². The van der Waals surface area contributed by atoms with E-state index in [0.717, 1.165) is 80.9 Å². The highest BCUT2D eigenvalue weighted by Gasteiger charge is 2.41. The number of nitrogens with two attached hydrogens (primary N) is 1. The molecule has 2 unspecified atom stereocenters. The topological polar surface area (TPSA) is 140 Å². The molecular weight excluding hydrogens is 600 g/mol. The number of hydrogen-bond acceptors (Lipinski definition) is 12. The number of rotatable bonds is 6. The van der Waals surface area contributed by atoms with Crippen molar-refractivity contribution in [1.82, 2.24) is 25.2 Å². The number of ether oxygens (including phenoxy) is 1. The average Bonchev–Trinajstić information content (AvgIpc) is 3.74. The quantitative estimate of drug-likeness (QED) is 0.289. The Labute approximate surface area is 262 Å². The molecule has 4 N–H and O–H groups in total. The highest BCUT2D eigenvalue weighted by atomic mass is 32.1. The van der Waals surface area contributed by atoms with E-state index in [1.807, 2.05) is 0 Å². The zero-order valence-electron chi connectivity index (χ0n) is 24.7. The molecule has 7 heterocycles. The third-order valence-electron chi connectivity index (χ3n) is 9.72. The van der Waals surface area contributed by atoms with Gasteiger partial charge in [-0.05, 0) is 30.4 Å². The number of piperazine rings is 2. The summed E-state index contributed by atoms with van der Waals surface area (Å²) in [5.74, 6) is 0.00168. The van der Waals surface area contributed by atoms with Crippen molar-refractivity contribution >= 4 is 49.1 Å². The van der Waals surface area contributed by atoms with Gasteiger partial charge in [-0.15, -0.1) is 11.3 Å². The van der Waals surface area contributed by atoms with Crippen LogP contribution in [0.1, 0.15) is 36.0 Å². The number of thiophene rings is 1. The second kappa shape index (κ2) is 11.3. The maximum Gasteiger partial charge on any atom is 0.228 e. The van der Waals surface area contributed by atoms with E-state index < -0.39 is 11.6 Å². The summed E-state index contributed by atoms with van der Waals surface area (Å²) in [5.41, 5.74) is 8.14. The number of nitrogens with one attached hydrogen (secondary N) is 1. The number of benzene rings is 1. The number of hydrogen-bond donors (Lipinski definition) is 3. The van der Waals surface area contributed by atoms with Crippen LogP contribution in [0.5, 0.6) is 0 Å². The summed E-state index contributed by atoms with van der Waals surface area (Å²) in [7, 11) is 0. The molecule has 2 atom stereocenters. The minimum absolute atomic E-state index is 0.0877. The number of anilines is 3. The Hall–Kier alpha value is -3.74. The average molecular weight is 634 g/mol. The number of pyridine rings is 1. The number of nitrogen functional groups attached to an aromatic ring is 1. The van der Waals surface area contributed by atoms with Gasteiger partial charge in [0, 0.05) is 75.5 Å². The van der Waals surface area contributed by atoms with Crippen LogP contribution in [0.3, 0.4) is 0 Å². The lowest BCUT2D eigenvalue weighted by Crippen LogP contribution is -2.52. The summed E-state index contributed by atoms with van der Waals surface area (Å²) in [6.45, 7) is 5.95. The Balaban J connectivity index is 1.36. The smallest absolute Gasteiger partial charge is 0.228 e. The number of aliphatic hydroxyl groups excluding tert-OH is 1. The Kier molecular flexibility index (Phi) is 7.18. The Bertz CT molecular complexity index is 1850. The highest BCUT2D eigenvalue weighted by Crippen LogP contribution is 2.47. The minimum Gasteiger partial charge on any atom is -0.396 e. The Morgan fingerprint density at radius 1 is 1.09 bits per heavy atom. The molecular formula is C31H33F2N9O2S. The number of aliphatic hydroxyl groups is 1. The van der Waals surface area contributed by atoms with Crippen molar-refractivity contribution in [2.75, 3.05) is 68.0 Å². The van der Waals surface area contributed by atoms with Crippen LogP contribution >= 0.6 is 11.3 Å². The zero-order valence-corrected chi connectivity index (χ0v) is 25.5. The summed E-state index contributed by atoms with van der Waals surface area (Å²) in [6.07, 6.45) is 3.83. The normalized spacial score (nSPS) is 21.6. The van der Waals surface area contributed by atoms with Crippen LogP contribution in [-0.2, 0) is 18.0 Å². The van der Waals surface area contributed by atoms with Gasteiger partial charge in [0.25, 0.3) is 0 Å². The number of nitriles is 1. The molecule has 3 saturated heterocycles. The lowest BCUT2D eigenvalue weighted by Gasteiger charge is -2.38. The summed E-state index contributed by atoms with van der Waals surface area (Å²) in [6, 6.07) is 2.54. The van der Waals surface area contributed by atoms with Crippen molar-refractivity contribution in [1.29, 1.82) is 5.26 Å². The van der Waals surface area contributed by atoms with Crippen molar-refractivity contribution in [2.45, 2.75) is 44.6 Å². The first-order valence-corrected chi connectivity index (χ1v) is 16.3. The van der Waals surface area contributed by atoms with Gasteiger partial charge in [0.15, 0.2) is 11.6 Å². The molecule has 2 bridgehead atoms. The first-order valence-electron chi connectivity index (χ1n) is 15.4. The van der Waals surface area contributed by atoms with Crippen molar-refractivity contribution in [3.05, 3.63) is 34.5 Å². The van der Waals surface area contributed by atoms with Gasteiger partial charge in [-0.3, -0.25) is 9.88 Å². The number of halogens is 2. The fraction of sp³-hybridized carbons (Fsp3) is 0.484. The number of nitrogens with zero attached hydrogens (tertiary/aromatic N) is 7. The van der Waals surface area contributed by atoms with Crippen LogP contribution in [-0.4, -0.2) is 89.5 Å². The molecule has 45 heavy (non-hydrogen) atoms. The second-order valence-corrected chi connectivity index (χ2v) is 13.2. The molecule has 0 spiro atoms. The van der Waals surface area contributed by atoms with Crippen molar-refractivity contribution in [2.24, 2.45) is 0 Å². The molecule has 0 amide bonds. The van der Waals surface area contributed by atoms with Gasteiger partial charge < -0.3 is 30.7 Å². The summed E-state index contributed by atoms with van der Waals surface area (Å²) >= 11 is 0.960. The molecule has 1 aromatic carbocycles. The van der Waals surface area contributed by atoms with E-state index >= 15 is 4.39 Å². The maximum atomic E-state index is 17.3. The highest BCUT2D eigenvalue weighted by molar-refractivity contribution is 7.23. The van der Waals surface area contributed by atoms with E-state index in [1.54, 1.807) is 0 Å². The van der Waals surface area contributed by atoms with E-state index in [0.29, 0.717) is 30.0 Å². The summed E-state index contributed by atoms with van der Waals surface area (Å²) < 4.78 is 38.4. The number of aromatic nitrogens is 3. The van der Waals surface area contributed by atoms with Crippen molar-refractivity contribution < 1.29 is 18.6 Å². The lowest BCUT2D eigenvalue weighted by molar-refractivity contribution is 0.135. The largest absolute Gasteiger partial charge is 0.396 e.